The van der Waals surface area contributed by atoms with Gasteiger partial charge in [-0.1, -0.05) is 11.6 Å². The molecule has 3 heterocycles. The Morgan fingerprint density at radius 1 is 1.32 bits per heavy atom. The lowest BCUT2D eigenvalue weighted by molar-refractivity contribution is -0.137. The number of nitrogens with zero attached hydrogens (tertiary/aromatic N) is 3. The van der Waals surface area contributed by atoms with Crippen LogP contribution >= 0.6 is 22.9 Å². The van der Waals surface area contributed by atoms with Gasteiger partial charge in [-0.15, -0.1) is 11.3 Å². The third-order valence-corrected chi connectivity index (χ3v) is 4.00. The first-order valence-corrected chi connectivity index (χ1v) is 7.68. The van der Waals surface area contributed by atoms with E-state index < -0.39 is 34.1 Å². The second-order valence-corrected chi connectivity index (χ2v) is 5.85. The molecular weight excluding hydrogens is 385 g/mol. The number of amides is 1. The van der Waals surface area contributed by atoms with E-state index in [9.17, 15) is 22.8 Å². The predicted molar refractivity (Wildman–Crippen MR) is 81.7 cm³/mol. The molecule has 0 aliphatic carbocycles. The molecular formula is C13H6ClF3N4O3S. The van der Waals surface area contributed by atoms with Crippen LogP contribution in [0, 0.1) is 0 Å². The standard InChI is InChI=1S/C13H6ClF3N4O3S/c14-8-3-6(13(15,16)17)4-18-10(8)24-20-9(22)7-5-19-12-21(11(7)23)1-2-25-12/h1-5H,(H,20,22). The SMILES string of the molecule is O=C(NOc1ncc(C(F)(F)F)cc1Cl)c1cnc2sccn2c1=O. The molecule has 0 saturated heterocycles. The minimum absolute atomic E-state index is 0.320. The van der Waals surface area contributed by atoms with E-state index in [0.29, 0.717) is 17.2 Å². The summed E-state index contributed by atoms with van der Waals surface area (Å²) in [6.07, 6.45) is -1.61. The van der Waals surface area contributed by atoms with Gasteiger partial charge < -0.3 is 4.84 Å². The summed E-state index contributed by atoms with van der Waals surface area (Å²) in [6, 6.07) is 0.601. The molecule has 3 aromatic rings. The first kappa shape index (κ1) is 17.2. The van der Waals surface area contributed by atoms with E-state index in [2.05, 4.69) is 9.97 Å². The zero-order chi connectivity index (χ0) is 18.2. The molecule has 0 aliphatic heterocycles. The highest BCUT2D eigenvalue weighted by Gasteiger charge is 2.32. The highest BCUT2D eigenvalue weighted by molar-refractivity contribution is 7.15. The zero-order valence-electron chi connectivity index (χ0n) is 11.9. The molecule has 25 heavy (non-hydrogen) atoms. The Hall–Kier alpha value is -2.66. The molecule has 0 saturated carbocycles. The minimum Gasteiger partial charge on any atom is -0.357 e. The molecule has 0 radical (unpaired) electrons. The fourth-order valence-corrected chi connectivity index (χ4v) is 2.67. The lowest BCUT2D eigenvalue weighted by atomic mass is 10.3. The van der Waals surface area contributed by atoms with Gasteiger partial charge in [0, 0.05) is 24.0 Å². The molecule has 0 fully saturated rings. The number of pyridine rings is 1. The summed E-state index contributed by atoms with van der Waals surface area (Å²) in [6.45, 7) is 0. The lowest BCUT2D eigenvalue weighted by Crippen LogP contribution is -2.33. The summed E-state index contributed by atoms with van der Waals surface area (Å²) < 4.78 is 38.8. The normalized spacial score (nSPS) is 11.5. The summed E-state index contributed by atoms with van der Waals surface area (Å²) in [5.41, 5.74) is -0.120. The van der Waals surface area contributed by atoms with Crippen molar-refractivity contribution >= 4 is 33.8 Å². The monoisotopic (exact) mass is 390 g/mol. The first-order chi connectivity index (χ1) is 11.8. The molecule has 3 rings (SSSR count). The molecule has 1 N–H and O–H groups in total. The number of rotatable bonds is 3. The van der Waals surface area contributed by atoms with Gasteiger partial charge in [-0.05, 0) is 6.07 Å². The van der Waals surface area contributed by atoms with E-state index in [1.54, 1.807) is 5.38 Å². The Kier molecular flexibility index (Phi) is 4.35. The average molecular weight is 391 g/mol. The Balaban J connectivity index is 1.78. The number of carbonyl (C=O) groups is 1. The number of hydrogen-bond acceptors (Lipinski definition) is 6. The van der Waals surface area contributed by atoms with Crippen LogP contribution in [0.3, 0.4) is 0 Å². The third-order valence-electron chi connectivity index (χ3n) is 2.96. The van der Waals surface area contributed by atoms with Crippen LogP contribution in [-0.2, 0) is 6.18 Å². The van der Waals surface area contributed by atoms with Crippen molar-refractivity contribution in [1.82, 2.24) is 19.8 Å². The number of hydroxylamine groups is 1. The fourth-order valence-electron chi connectivity index (χ4n) is 1.79. The van der Waals surface area contributed by atoms with Crippen molar-refractivity contribution in [3.05, 3.63) is 56.5 Å². The topological polar surface area (TPSA) is 85.6 Å². The van der Waals surface area contributed by atoms with Crippen molar-refractivity contribution in [3.8, 4) is 5.88 Å². The van der Waals surface area contributed by atoms with Gasteiger partial charge in [0.2, 0.25) is 0 Å². The van der Waals surface area contributed by atoms with Gasteiger partial charge in [0.1, 0.15) is 10.6 Å². The number of fused-ring (bicyclic) bond motifs is 1. The Morgan fingerprint density at radius 2 is 2.08 bits per heavy atom. The zero-order valence-corrected chi connectivity index (χ0v) is 13.4. The number of hydrogen-bond donors (Lipinski definition) is 1. The quantitative estimate of drug-likeness (QED) is 0.695. The van der Waals surface area contributed by atoms with E-state index in [1.165, 1.54) is 21.9 Å². The van der Waals surface area contributed by atoms with Crippen LogP contribution in [0.1, 0.15) is 15.9 Å². The van der Waals surface area contributed by atoms with E-state index in [4.69, 9.17) is 16.4 Å². The van der Waals surface area contributed by atoms with Gasteiger partial charge >= 0.3 is 6.18 Å². The Morgan fingerprint density at radius 3 is 2.76 bits per heavy atom. The van der Waals surface area contributed by atoms with Crippen LogP contribution in [0.25, 0.3) is 4.96 Å². The summed E-state index contributed by atoms with van der Waals surface area (Å²) in [7, 11) is 0. The van der Waals surface area contributed by atoms with Gasteiger partial charge in [-0.2, -0.15) is 18.7 Å². The van der Waals surface area contributed by atoms with Gasteiger partial charge in [-0.25, -0.2) is 9.97 Å². The van der Waals surface area contributed by atoms with Crippen LogP contribution in [0.2, 0.25) is 5.02 Å². The van der Waals surface area contributed by atoms with E-state index in [1.807, 2.05) is 5.48 Å². The molecule has 0 atom stereocenters. The van der Waals surface area contributed by atoms with Crippen LogP contribution in [0.5, 0.6) is 5.88 Å². The number of alkyl halides is 3. The van der Waals surface area contributed by atoms with Crippen molar-refractivity contribution < 1.29 is 22.8 Å². The van der Waals surface area contributed by atoms with E-state index in [0.717, 1.165) is 6.20 Å². The van der Waals surface area contributed by atoms with Gasteiger partial charge in [0.25, 0.3) is 17.3 Å². The average Bonchev–Trinajstić information content (AvgIpc) is 3.02. The molecule has 1 amide bonds. The van der Waals surface area contributed by atoms with Crippen LogP contribution < -0.4 is 15.9 Å². The summed E-state index contributed by atoms with van der Waals surface area (Å²) in [5.74, 6) is -1.40. The summed E-state index contributed by atoms with van der Waals surface area (Å²) in [4.78, 5) is 36.6. The molecule has 12 heteroatoms. The second kappa shape index (κ2) is 6.33. The molecule has 130 valence electrons. The molecule has 7 nitrogen and oxygen atoms in total. The molecule has 0 unspecified atom stereocenters. The molecule has 0 spiro atoms. The number of thiazole rings is 1. The van der Waals surface area contributed by atoms with Crippen molar-refractivity contribution in [2.45, 2.75) is 6.18 Å². The van der Waals surface area contributed by atoms with E-state index >= 15 is 0 Å². The Bertz CT molecular complexity index is 1020. The van der Waals surface area contributed by atoms with Crippen LogP contribution in [0.4, 0.5) is 13.2 Å². The molecule has 0 bridgehead atoms. The van der Waals surface area contributed by atoms with Crippen molar-refractivity contribution in [2.75, 3.05) is 0 Å². The largest absolute Gasteiger partial charge is 0.417 e. The fraction of sp³-hybridized carbons (Fsp3) is 0.0769. The highest BCUT2D eigenvalue weighted by atomic mass is 35.5. The Labute approximate surface area is 145 Å². The number of halogens is 4. The van der Waals surface area contributed by atoms with Crippen molar-refractivity contribution in [3.63, 3.8) is 0 Å². The first-order valence-electron chi connectivity index (χ1n) is 6.42. The maximum Gasteiger partial charge on any atom is 0.417 e. The van der Waals surface area contributed by atoms with E-state index in [-0.39, 0.29) is 5.56 Å². The van der Waals surface area contributed by atoms with Gasteiger partial charge in [-0.3, -0.25) is 14.0 Å². The number of aromatic nitrogens is 3. The third kappa shape index (κ3) is 3.42. The van der Waals surface area contributed by atoms with Crippen LogP contribution in [0.15, 0.2) is 34.8 Å². The molecule has 3 aromatic heterocycles. The summed E-state index contributed by atoms with van der Waals surface area (Å²) in [5, 5.41) is 1.16. The maximum absolute atomic E-state index is 12.5. The van der Waals surface area contributed by atoms with Crippen molar-refractivity contribution in [1.29, 1.82) is 0 Å². The summed E-state index contributed by atoms with van der Waals surface area (Å²) >= 11 is 6.85. The predicted octanol–water partition coefficient (Wildman–Crippen LogP) is 2.55. The lowest BCUT2D eigenvalue weighted by Gasteiger charge is -2.10. The van der Waals surface area contributed by atoms with Gasteiger partial charge in [0.15, 0.2) is 4.96 Å². The highest BCUT2D eigenvalue weighted by Crippen LogP contribution is 2.32. The molecule has 0 aromatic carbocycles. The van der Waals surface area contributed by atoms with Crippen LogP contribution in [-0.4, -0.2) is 20.3 Å². The maximum atomic E-state index is 12.5. The van der Waals surface area contributed by atoms with Crippen molar-refractivity contribution in [2.24, 2.45) is 0 Å². The van der Waals surface area contributed by atoms with Gasteiger partial charge in [0.05, 0.1) is 5.56 Å². The molecule has 0 aliphatic rings. The minimum atomic E-state index is -4.62. The number of nitrogens with one attached hydrogen (secondary N) is 1. The second-order valence-electron chi connectivity index (χ2n) is 4.57. The smallest absolute Gasteiger partial charge is 0.357 e. The number of carbonyl (C=O) groups excluding carboxylic acids is 1.